The number of carbonyl (C=O) groups excluding carboxylic acids is 1. The third kappa shape index (κ3) is 3.47. The van der Waals surface area contributed by atoms with Crippen LogP contribution in [-0.4, -0.2) is 46.6 Å². The summed E-state index contributed by atoms with van der Waals surface area (Å²) in [6.07, 6.45) is -0.181. The molecule has 1 aromatic heterocycles. The minimum absolute atomic E-state index is 0. The number of benzene rings is 1. The van der Waals surface area contributed by atoms with Crippen molar-refractivity contribution in [1.29, 1.82) is 5.26 Å². The largest absolute Gasteiger partial charge is 0.383 e. The number of nitriles is 1. The van der Waals surface area contributed by atoms with Gasteiger partial charge in [0.2, 0.25) is 0 Å². The van der Waals surface area contributed by atoms with Crippen LogP contribution in [0.4, 0.5) is 14.5 Å². The van der Waals surface area contributed by atoms with Gasteiger partial charge in [-0.05, 0) is 24.3 Å². The number of hydrogen-bond donors (Lipinski definition) is 2. The van der Waals surface area contributed by atoms with E-state index in [4.69, 9.17) is 11.0 Å². The molecule has 4 rings (SSSR count). The quantitative estimate of drug-likeness (QED) is 0.738. The van der Waals surface area contributed by atoms with Crippen LogP contribution >= 0.6 is 12.4 Å². The number of likely N-dealkylation sites (tertiary alicyclic amines) is 1. The van der Waals surface area contributed by atoms with Gasteiger partial charge in [0, 0.05) is 24.7 Å². The zero-order valence-electron chi connectivity index (χ0n) is 15.1. The number of aliphatic imine (C=N–C) groups is 1. The van der Waals surface area contributed by atoms with Gasteiger partial charge >= 0.3 is 0 Å². The topological polar surface area (TPSA) is 107 Å². The van der Waals surface area contributed by atoms with Crippen LogP contribution in [0, 0.1) is 17.1 Å². The summed E-state index contributed by atoms with van der Waals surface area (Å²) in [7, 11) is 0. The fourth-order valence-electron chi connectivity index (χ4n) is 3.50. The van der Waals surface area contributed by atoms with Crippen molar-refractivity contribution in [3.63, 3.8) is 0 Å². The molecule has 1 fully saturated rings. The van der Waals surface area contributed by atoms with E-state index in [-0.39, 0.29) is 54.7 Å². The molecule has 1 aromatic carbocycles. The minimum Gasteiger partial charge on any atom is -0.383 e. The highest BCUT2D eigenvalue weighted by Crippen LogP contribution is 2.37. The number of aromatic nitrogens is 1. The summed E-state index contributed by atoms with van der Waals surface area (Å²) in [4.78, 5) is 22.1. The Labute approximate surface area is 171 Å². The normalized spacial score (nSPS) is 22.6. The number of nitrogens with two attached hydrogens (primary N) is 1. The number of nitrogens with zero attached hydrogens (tertiary/aromatic N) is 4. The molecule has 3 N–H and O–H groups in total. The Kier molecular flexibility index (Phi) is 5.40. The van der Waals surface area contributed by atoms with E-state index < -0.39 is 23.6 Å². The highest BCUT2D eigenvalue weighted by Gasteiger charge is 2.47. The SMILES string of the molecule is Cl.N#Cc1ccc(C(=O)N2CCC3(N=C(N)c4cccc(F)c4N3)C(F)C2)cn1. The van der Waals surface area contributed by atoms with Crippen LogP contribution in [0.3, 0.4) is 0 Å². The predicted molar refractivity (Wildman–Crippen MR) is 105 cm³/mol. The van der Waals surface area contributed by atoms with Crippen molar-refractivity contribution in [2.75, 3.05) is 18.4 Å². The smallest absolute Gasteiger partial charge is 0.255 e. The van der Waals surface area contributed by atoms with Gasteiger partial charge in [-0.3, -0.25) is 4.79 Å². The molecule has 29 heavy (non-hydrogen) atoms. The standard InChI is InChI=1S/C19H16F2N6O.ClH/c20-14-3-1-2-13-16(14)25-19(26-17(13)23)6-7-27(10-15(19)21)18(28)11-4-5-12(8-22)24-9-11;/h1-5,9,15,25H,6-7,10H2,(H2,23,26);1H. The van der Waals surface area contributed by atoms with E-state index in [1.807, 2.05) is 6.07 Å². The summed E-state index contributed by atoms with van der Waals surface area (Å²) in [5.41, 5.74) is 5.50. The highest BCUT2D eigenvalue weighted by molar-refractivity contribution is 6.04. The van der Waals surface area contributed by atoms with Gasteiger partial charge in [0.25, 0.3) is 5.91 Å². The van der Waals surface area contributed by atoms with Gasteiger partial charge in [0.15, 0.2) is 11.8 Å². The van der Waals surface area contributed by atoms with E-state index in [0.29, 0.717) is 5.56 Å². The molecule has 1 saturated heterocycles. The minimum atomic E-state index is -1.59. The molecule has 2 aliphatic heterocycles. The molecule has 2 aliphatic rings. The molecular formula is C19H17ClF2N6O. The van der Waals surface area contributed by atoms with Gasteiger partial charge in [-0.15, -0.1) is 12.4 Å². The van der Waals surface area contributed by atoms with E-state index >= 15 is 4.39 Å². The molecule has 3 heterocycles. The number of amidine groups is 1. The van der Waals surface area contributed by atoms with Crippen LogP contribution in [0.25, 0.3) is 0 Å². The lowest BCUT2D eigenvalue weighted by molar-refractivity contribution is 0.0493. The molecule has 2 aromatic rings. The van der Waals surface area contributed by atoms with Crippen molar-refractivity contribution in [3.8, 4) is 6.07 Å². The Morgan fingerprint density at radius 2 is 2.17 bits per heavy atom. The first-order valence-electron chi connectivity index (χ1n) is 8.65. The van der Waals surface area contributed by atoms with Crippen molar-refractivity contribution in [3.05, 3.63) is 59.2 Å². The molecule has 150 valence electrons. The average molecular weight is 419 g/mol. The Morgan fingerprint density at radius 1 is 1.38 bits per heavy atom. The summed E-state index contributed by atoms with van der Waals surface area (Å²) in [6.45, 7) is -0.0286. The second-order valence-corrected chi connectivity index (χ2v) is 6.72. The molecular weight excluding hydrogens is 402 g/mol. The monoisotopic (exact) mass is 418 g/mol. The van der Waals surface area contributed by atoms with Gasteiger partial charge in [-0.25, -0.2) is 18.8 Å². The average Bonchev–Trinajstić information content (AvgIpc) is 2.71. The zero-order valence-corrected chi connectivity index (χ0v) is 15.9. The van der Waals surface area contributed by atoms with Crippen molar-refractivity contribution in [2.45, 2.75) is 18.3 Å². The van der Waals surface area contributed by atoms with Gasteiger partial charge < -0.3 is 16.0 Å². The number of carbonyl (C=O) groups is 1. The van der Waals surface area contributed by atoms with E-state index in [1.54, 1.807) is 6.07 Å². The number of anilines is 1. The number of fused-ring (bicyclic) bond motifs is 1. The first-order valence-corrected chi connectivity index (χ1v) is 8.65. The van der Waals surface area contributed by atoms with Gasteiger partial charge in [0.1, 0.15) is 23.4 Å². The van der Waals surface area contributed by atoms with Gasteiger partial charge in [0.05, 0.1) is 17.8 Å². The van der Waals surface area contributed by atoms with Crippen LogP contribution in [0.5, 0.6) is 0 Å². The maximum Gasteiger partial charge on any atom is 0.255 e. The molecule has 1 spiro atoms. The lowest BCUT2D eigenvalue weighted by Gasteiger charge is -2.44. The number of hydrogen-bond acceptors (Lipinski definition) is 6. The second-order valence-electron chi connectivity index (χ2n) is 6.72. The first-order chi connectivity index (χ1) is 13.4. The number of para-hydroxylation sites is 1. The number of halogens is 3. The molecule has 10 heteroatoms. The summed E-state index contributed by atoms with van der Waals surface area (Å²) < 4.78 is 29.4. The Hall–Kier alpha value is -3.25. The number of rotatable bonds is 1. The molecule has 7 nitrogen and oxygen atoms in total. The van der Waals surface area contributed by atoms with Crippen molar-refractivity contribution in [1.82, 2.24) is 9.88 Å². The lowest BCUT2D eigenvalue weighted by atomic mass is 9.91. The second kappa shape index (κ2) is 7.64. The molecule has 1 amide bonds. The summed E-state index contributed by atoms with van der Waals surface area (Å²) in [6, 6.07) is 9.17. The molecule has 0 saturated carbocycles. The van der Waals surface area contributed by atoms with Crippen molar-refractivity contribution < 1.29 is 13.6 Å². The Morgan fingerprint density at radius 3 is 2.83 bits per heavy atom. The van der Waals surface area contributed by atoms with Crippen molar-refractivity contribution in [2.24, 2.45) is 10.7 Å². The summed E-state index contributed by atoms with van der Waals surface area (Å²) in [5, 5.41) is 11.7. The van der Waals surface area contributed by atoms with Crippen LogP contribution in [0.1, 0.15) is 28.0 Å². The molecule has 0 aliphatic carbocycles. The van der Waals surface area contributed by atoms with Gasteiger partial charge in [-0.1, -0.05) is 6.07 Å². The fraction of sp³-hybridized carbons (Fsp3) is 0.263. The first kappa shape index (κ1) is 20.5. The van der Waals surface area contributed by atoms with E-state index in [9.17, 15) is 9.18 Å². The third-order valence-corrected chi connectivity index (χ3v) is 5.02. The van der Waals surface area contributed by atoms with Crippen molar-refractivity contribution >= 4 is 29.8 Å². The van der Waals surface area contributed by atoms with Gasteiger partial charge in [-0.2, -0.15) is 5.26 Å². The number of piperidine rings is 1. The van der Waals surface area contributed by atoms with Crippen LogP contribution in [-0.2, 0) is 0 Å². The number of amides is 1. The Bertz CT molecular complexity index is 1020. The number of nitrogens with one attached hydrogen (secondary N) is 1. The molecule has 0 radical (unpaired) electrons. The fourth-order valence-corrected chi connectivity index (χ4v) is 3.50. The highest BCUT2D eigenvalue weighted by atomic mass is 35.5. The predicted octanol–water partition coefficient (Wildman–Crippen LogP) is 2.23. The van der Waals surface area contributed by atoms with Crippen LogP contribution < -0.4 is 11.1 Å². The summed E-state index contributed by atoms with van der Waals surface area (Å²) >= 11 is 0. The van der Waals surface area contributed by atoms with Crippen LogP contribution in [0.15, 0.2) is 41.5 Å². The summed E-state index contributed by atoms with van der Waals surface area (Å²) in [5.74, 6) is -0.870. The maximum atomic E-state index is 15.2. The molecule has 0 bridgehead atoms. The van der Waals surface area contributed by atoms with Crippen LogP contribution in [0.2, 0.25) is 0 Å². The molecule has 2 unspecified atom stereocenters. The lowest BCUT2D eigenvalue weighted by Crippen LogP contribution is -2.60. The zero-order chi connectivity index (χ0) is 19.9. The Balaban J connectivity index is 0.00000240. The third-order valence-electron chi connectivity index (χ3n) is 5.02. The van der Waals surface area contributed by atoms with E-state index in [2.05, 4.69) is 15.3 Å². The maximum absolute atomic E-state index is 15.2. The molecule has 2 atom stereocenters. The van der Waals surface area contributed by atoms with E-state index in [0.717, 1.165) is 0 Å². The van der Waals surface area contributed by atoms with E-state index in [1.165, 1.54) is 35.4 Å². The number of pyridine rings is 1. The number of alkyl halides is 1.